The van der Waals surface area contributed by atoms with Crippen LogP contribution < -0.4 is 0 Å². The molecule has 0 N–H and O–H groups in total. The van der Waals surface area contributed by atoms with E-state index >= 15 is 0 Å². The van der Waals surface area contributed by atoms with Gasteiger partial charge in [-0.15, -0.1) is 27.5 Å². The van der Waals surface area contributed by atoms with E-state index in [1.54, 1.807) is 10.6 Å². The van der Waals surface area contributed by atoms with Crippen LogP contribution in [0, 0.1) is 0 Å². The minimum Gasteiger partial charge on any atom is -0.114 e. The predicted octanol–water partition coefficient (Wildman–Crippen LogP) is 16.2. The summed E-state index contributed by atoms with van der Waals surface area (Å²) in [5.74, 6) is 0. The molecule has 0 atom stereocenters. The number of hydrogen-bond acceptors (Lipinski definition) is 0. The Labute approximate surface area is 286 Å². The monoisotopic (exact) mass is 670 g/mol. The Balaban J connectivity index is 0. The van der Waals surface area contributed by atoms with Gasteiger partial charge in [0.15, 0.2) is 15.2 Å². The lowest BCUT2D eigenvalue weighted by atomic mass is 10.0. The summed E-state index contributed by atoms with van der Waals surface area (Å²) in [6.07, 6.45) is 53.6. The van der Waals surface area contributed by atoms with Gasteiger partial charge in [-0.1, -0.05) is 245 Å². The van der Waals surface area contributed by atoms with Gasteiger partial charge in [0.25, 0.3) is 0 Å². The van der Waals surface area contributed by atoms with Crippen LogP contribution in [0.4, 0.5) is 0 Å². The van der Waals surface area contributed by atoms with Crippen molar-refractivity contribution in [2.75, 3.05) is 0 Å². The third-order valence-corrected chi connectivity index (χ3v) is 11.2. The molecule has 0 saturated heterocycles. The summed E-state index contributed by atoms with van der Waals surface area (Å²) in [6.45, 7) is 4.62. The van der Waals surface area contributed by atoms with Crippen molar-refractivity contribution in [3.63, 3.8) is 0 Å². The van der Waals surface area contributed by atoms with E-state index in [1.165, 1.54) is 231 Å². The smallest absolute Gasteiger partial charge is 0.114 e. The summed E-state index contributed by atoms with van der Waals surface area (Å²) in [6, 6.07) is 0. The average molecular weight is 671 g/mol. The molecular formula is C40H83AlBr. The lowest BCUT2D eigenvalue weighted by Crippen LogP contribution is -1.90. The Hall–Kier alpha value is 1.01. The van der Waals surface area contributed by atoms with Gasteiger partial charge >= 0.3 is 0 Å². The van der Waals surface area contributed by atoms with Crippen LogP contribution in [0.5, 0.6) is 0 Å². The predicted molar refractivity (Wildman–Crippen MR) is 203 cm³/mol. The molecule has 0 amide bonds. The number of unbranched alkanes of at least 4 members (excludes halogenated alkanes) is 34. The van der Waals surface area contributed by atoms with Gasteiger partial charge in [0.1, 0.15) is 0 Å². The first-order valence-electron chi connectivity index (χ1n) is 20.2. The fraction of sp³-hybridized carbons (Fsp3) is 1.00. The molecule has 0 aliphatic heterocycles. The van der Waals surface area contributed by atoms with E-state index in [0.717, 1.165) is 15.2 Å². The highest BCUT2D eigenvalue weighted by Gasteiger charge is 1.98. The highest BCUT2D eigenvalue weighted by molar-refractivity contribution is 8.93. The first-order chi connectivity index (χ1) is 20.4. The van der Waals surface area contributed by atoms with Crippen molar-refractivity contribution in [2.24, 2.45) is 0 Å². The maximum atomic E-state index is 2.31. The molecule has 0 aromatic carbocycles. The minimum absolute atomic E-state index is 0. The van der Waals surface area contributed by atoms with Crippen molar-refractivity contribution < 1.29 is 0 Å². The molecule has 0 aliphatic rings. The van der Waals surface area contributed by atoms with Gasteiger partial charge in [-0.2, -0.15) is 0 Å². The van der Waals surface area contributed by atoms with Gasteiger partial charge in [0, 0.05) is 0 Å². The zero-order chi connectivity index (χ0) is 29.6. The van der Waals surface area contributed by atoms with E-state index in [9.17, 15) is 0 Å². The minimum atomic E-state index is 0. The van der Waals surface area contributed by atoms with Crippen molar-refractivity contribution in [3.05, 3.63) is 0 Å². The summed E-state index contributed by atoms with van der Waals surface area (Å²) in [5.41, 5.74) is 0. The highest BCUT2D eigenvalue weighted by atomic mass is 79.9. The van der Waals surface area contributed by atoms with Crippen LogP contribution in [0.25, 0.3) is 0 Å². The molecule has 0 fully saturated rings. The first-order valence-corrected chi connectivity index (χ1v) is 21.9. The molecule has 0 heterocycles. The Morgan fingerprint density at radius 2 is 0.357 bits per heavy atom. The Kier molecular flexibility index (Phi) is 47.4. The SMILES string of the molecule is Br.CCCCCCCCCCCCCCCCCCC[CH2][Al][CH2]CCCCCCCCCCCCCCCCCCC. The molecule has 0 spiro atoms. The molecule has 0 saturated carbocycles. The van der Waals surface area contributed by atoms with Crippen molar-refractivity contribution in [2.45, 2.75) is 256 Å². The zero-order valence-corrected chi connectivity index (χ0v) is 32.7. The van der Waals surface area contributed by atoms with Crippen molar-refractivity contribution in [3.8, 4) is 0 Å². The Morgan fingerprint density at radius 3 is 0.524 bits per heavy atom. The molecule has 0 rings (SSSR count). The summed E-state index contributed by atoms with van der Waals surface area (Å²) >= 11 is 0.765. The van der Waals surface area contributed by atoms with Gasteiger partial charge in [-0.25, -0.2) is 0 Å². The molecule has 0 bridgehead atoms. The highest BCUT2D eigenvalue weighted by Crippen LogP contribution is 2.16. The van der Waals surface area contributed by atoms with E-state index in [2.05, 4.69) is 13.8 Å². The van der Waals surface area contributed by atoms with Crippen LogP contribution in [-0.4, -0.2) is 15.2 Å². The molecule has 2 heteroatoms. The van der Waals surface area contributed by atoms with Crippen molar-refractivity contribution >= 4 is 32.2 Å². The zero-order valence-electron chi connectivity index (χ0n) is 29.9. The molecule has 42 heavy (non-hydrogen) atoms. The van der Waals surface area contributed by atoms with E-state index in [-0.39, 0.29) is 17.0 Å². The molecular weight excluding hydrogens is 587 g/mol. The van der Waals surface area contributed by atoms with Crippen LogP contribution >= 0.6 is 17.0 Å². The quantitative estimate of drug-likeness (QED) is 0.0453. The van der Waals surface area contributed by atoms with Gasteiger partial charge < -0.3 is 0 Å². The number of hydrogen-bond donors (Lipinski definition) is 0. The molecule has 0 aromatic rings. The molecule has 253 valence electrons. The maximum Gasteiger partial charge on any atom is 0.199 e. The lowest BCUT2D eigenvalue weighted by molar-refractivity contribution is 0.526. The molecule has 0 aromatic heterocycles. The standard InChI is InChI=1S/2C20H41.Al.BrH/c2*1-3-5-7-9-11-13-15-17-19-20-18-16-14-12-10-8-6-4-2;;/h2*1,3-20H2,2H3;;1H. The molecule has 0 aliphatic carbocycles. The second-order valence-electron chi connectivity index (χ2n) is 13.9. The van der Waals surface area contributed by atoms with Crippen molar-refractivity contribution in [1.82, 2.24) is 0 Å². The Bertz CT molecular complexity index is 388. The normalized spacial score (nSPS) is 11.2. The van der Waals surface area contributed by atoms with Crippen LogP contribution in [0.2, 0.25) is 10.6 Å². The second kappa shape index (κ2) is 44.1. The third-order valence-electron chi connectivity index (χ3n) is 9.52. The van der Waals surface area contributed by atoms with Crippen LogP contribution in [0.1, 0.15) is 245 Å². The summed E-state index contributed by atoms with van der Waals surface area (Å²) in [4.78, 5) is 0. The lowest BCUT2D eigenvalue weighted by Gasteiger charge is -2.04. The van der Waals surface area contributed by atoms with E-state index in [4.69, 9.17) is 0 Å². The maximum absolute atomic E-state index is 2.31. The summed E-state index contributed by atoms with van der Waals surface area (Å²) in [5, 5.41) is 3.16. The molecule has 0 unspecified atom stereocenters. The second-order valence-corrected chi connectivity index (χ2v) is 15.6. The molecule has 0 nitrogen and oxygen atoms in total. The largest absolute Gasteiger partial charge is 0.199 e. The average Bonchev–Trinajstić information content (AvgIpc) is 2.98. The van der Waals surface area contributed by atoms with E-state index in [1.807, 2.05) is 0 Å². The van der Waals surface area contributed by atoms with E-state index < -0.39 is 0 Å². The van der Waals surface area contributed by atoms with Crippen molar-refractivity contribution in [1.29, 1.82) is 0 Å². The topological polar surface area (TPSA) is 0 Å². The van der Waals surface area contributed by atoms with Gasteiger partial charge in [0.2, 0.25) is 0 Å². The number of rotatable bonds is 38. The van der Waals surface area contributed by atoms with Crippen LogP contribution in [-0.2, 0) is 0 Å². The fourth-order valence-electron chi connectivity index (χ4n) is 6.52. The van der Waals surface area contributed by atoms with E-state index in [0.29, 0.717) is 0 Å². The van der Waals surface area contributed by atoms with Crippen LogP contribution in [0.3, 0.4) is 0 Å². The summed E-state index contributed by atoms with van der Waals surface area (Å²) in [7, 11) is 0. The summed E-state index contributed by atoms with van der Waals surface area (Å²) < 4.78 is 0. The first kappa shape index (κ1) is 45.1. The molecule has 1 radical (unpaired) electrons. The van der Waals surface area contributed by atoms with Gasteiger partial charge in [-0.3, -0.25) is 0 Å². The van der Waals surface area contributed by atoms with Crippen LogP contribution in [0.15, 0.2) is 0 Å². The van der Waals surface area contributed by atoms with Gasteiger partial charge in [-0.05, 0) is 0 Å². The Morgan fingerprint density at radius 1 is 0.214 bits per heavy atom. The van der Waals surface area contributed by atoms with Gasteiger partial charge in [0.05, 0.1) is 0 Å². The fourth-order valence-corrected chi connectivity index (χ4v) is 7.97. The number of halogens is 1. The third kappa shape index (κ3) is 43.1.